The van der Waals surface area contributed by atoms with Gasteiger partial charge in [0, 0.05) is 34.7 Å². The number of ether oxygens (including phenoxy) is 1. The molecule has 8 heteroatoms. The molecule has 0 spiro atoms. The lowest BCUT2D eigenvalue weighted by molar-refractivity contribution is 0.0693. The molecular weight excluding hydrogens is 426 g/mol. The lowest BCUT2D eigenvalue weighted by Gasteiger charge is -2.12. The van der Waals surface area contributed by atoms with E-state index in [4.69, 9.17) is 9.15 Å². The van der Waals surface area contributed by atoms with Gasteiger partial charge in [0.05, 0.1) is 18.9 Å². The van der Waals surface area contributed by atoms with E-state index in [9.17, 15) is 9.90 Å². The van der Waals surface area contributed by atoms with Gasteiger partial charge in [0.1, 0.15) is 17.2 Å². The van der Waals surface area contributed by atoms with Gasteiger partial charge in [0.25, 0.3) is 0 Å². The Labute approximate surface area is 189 Å². The summed E-state index contributed by atoms with van der Waals surface area (Å²) in [5.41, 5.74) is 2.84. The molecule has 32 heavy (non-hydrogen) atoms. The number of methoxy groups -OCH3 is 1. The molecule has 0 saturated carbocycles. The van der Waals surface area contributed by atoms with Gasteiger partial charge in [0.2, 0.25) is 0 Å². The van der Waals surface area contributed by atoms with Crippen LogP contribution in [-0.4, -0.2) is 40.5 Å². The molecule has 2 aromatic carbocycles. The quantitative estimate of drug-likeness (QED) is 0.330. The molecule has 7 nitrogen and oxygen atoms in total. The van der Waals surface area contributed by atoms with Crippen LogP contribution in [0.3, 0.4) is 0 Å². The molecule has 0 saturated heterocycles. The first-order valence-electron chi connectivity index (χ1n) is 10.2. The van der Waals surface area contributed by atoms with E-state index in [0.717, 1.165) is 34.5 Å². The normalized spacial score (nSPS) is 10.9. The Bertz CT molecular complexity index is 1260. The topological polar surface area (TPSA) is 97.5 Å². The summed E-state index contributed by atoms with van der Waals surface area (Å²) < 4.78 is 10.9. The molecule has 0 fully saturated rings. The Hall–Kier alpha value is -3.52. The number of nitrogens with zero attached hydrogens (tertiary/aromatic N) is 2. The molecule has 0 radical (unpaired) electrons. The van der Waals surface area contributed by atoms with E-state index in [2.05, 4.69) is 21.4 Å². The van der Waals surface area contributed by atoms with Crippen LogP contribution in [-0.2, 0) is 6.42 Å². The second-order valence-electron chi connectivity index (χ2n) is 6.99. The highest BCUT2D eigenvalue weighted by atomic mass is 32.2. The second-order valence-corrected chi connectivity index (χ2v) is 8.26. The van der Waals surface area contributed by atoms with Crippen molar-refractivity contribution in [1.82, 2.24) is 9.97 Å². The van der Waals surface area contributed by atoms with Crippen molar-refractivity contribution in [2.45, 2.75) is 18.2 Å². The van der Waals surface area contributed by atoms with Crippen molar-refractivity contribution in [3.05, 3.63) is 66.1 Å². The first kappa shape index (κ1) is 21.7. The van der Waals surface area contributed by atoms with E-state index >= 15 is 0 Å². The summed E-state index contributed by atoms with van der Waals surface area (Å²) in [5, 5.41) is 13.9. The Morgan fingerprint density at radius 3 is 2.91 bits per heavy atom. The molecule has 0 aliphatic rings. The average molecular weight is 450 g/mol. The van der Waals surface area contributed by atoms with Crippen molar-refractivity contribution in [3.8, 4) is 17.1 Å². The lowest BCUT2D eigenvalue weighted by atomic mass is 10.1. The highest BCUT2D eigenvalue weighted by Crippen LogP contribution is 2.33. The van der Waals surface area contributed by atoms with Gasteiger partial charge in [-0.25, -0.2) is 14.8 Å². The molecule has 0 atom stereocenters. The number of carboxylic acid groups (broad SMARTS) is 1. The zero-order valence-electron chi connectivity index (χ0n) is 17.8. The van der Waals surface area contributed by atoms with Crippen LogP contribution in [0.15, 0.2) is 64.2 Å². The van der Waals surface area contributed by atoms with Crippen molar-refractivity contribution >= 4 is 34.5 Å². The number of hydrogen-bond acceptors (Lipinski definition) is 7. The number of furan rings is 1. The monoisotopic (exact) mass is 449 g/mol. The van der Waals surface area contributed by atoms with Crippen LogP contribution in [0.25, 0.3) is 22.4 Å². The maximum Gasteiger partial charge on any atom is 0.336 e. The number of carbonyl (C=O) groups is 1. The van der Waals surface area contributed by atoms with Crippen LogP contribution in [0.5, 0.6) is 5.75 Å². The zero-order valence-corrected chi connectivity index (χ0v) is 18.6. The van der Waals surface area contributed by atoms with E-state index in [-0.39, 0.29) is 5.56 Å². The first-order chi connectivity index (χ1) is 15.6. The number of hydrogen-bond donors (Lipinski definition) is 2. The van der Waals surface area contributed by atoms with Gasteiger partial charge in [-0.15, -0.1) is 11.8 Å². The smallest absolute Gasteiger partial charge is 0.336 e. The van der Waals surface area contributed by atoms with Crippen LogP contribution in [0.2, 0.25) is 0 Å². The summed E-state index contributed by atoms with van der Waals surface area (Å²) in [6.45, 7) is 2.63. The van der Waals surface area contributed by atoms with Crippen molar-refractivity contribution < 1.29 is 19.1 Å². The van der Waals surface area contributed by atoms with Crippen LogP contribution >= 0.6 is 11.8 Å². The summed E-state index contributed by atoms with van der Waals surface area (Å²) >= 11 is 1.48. The number of fused-ring (bicyclic) bond motifs is 1. The number of thioether (sulfide) groups is 1. The van der Waals surface area contributed by atoms with Gasteiger partial charge >= 0.3 is 5.97 Å². The Balaban J connectivity index is 1.54. The maximum absolute atomic E-state index is 11.7. The third kappa shape index (κ3) is 4.55. The average Bonchev–Trinajstić information content (AvgIpc) is 3.26. The highest BCUT2D eigenvalue weighted by Gasteiger charge is 2.17. The molecule has 0 unspecified atom stereocenters. The SMILES string of the molecule is CCSc1c(C(=O)O)cccc1-c1nccc(NCCc2cc3ccoc3cc2OC)n1. The minimum Gasteiger partial charge on any atom is -0.496 e. The van der Waals surface area contributed by atoms with Crippen LogP contribution in [0.1, 0.15) is 22.8 Å². The molecule has 4 rings (SSSR count). The number of aromatic carboxylic acids is 1. The highest BCUT2D eigenvalue weighted by molar-refractivity contribution is 7.99. The lowest BCUT2D eigenvalue weighted by Crippen LogP contribution is -2.08. The van der Waals surface area contributed by atoms with E-state index in [0.29, 0.717) is 28.6 Å². The summed E-state index contributed by atoms with van der Waals surface area (Å²) in [5.74, 6) is 1.74. The summed E-state index contributed by atoms with van der Waals surface area (Å²) in [4.78, 5) is 21.3. The number of anilines is 1. The van der Waals surface area contributed by atoms with Gasteiger partial charge in [-0.2, -0.15) is 0 Å². The molecule has 2 N–H and O–H groups in total. The molecule has 0 aliphatic carbocycles. The fourth-order valence-corrected chi connectivity index (χ4v) is 4.43. The van der Waals surface area contributed by atoms with Crippen molar-refractivity contribution in [3.63, 3.8) is 0 Å². The predicted octanol–water partition coefficient (Wildman–Crippen LogP) is 5.36. The molecular formula is C24H23N3O4S. The van der Waals surface area contributed by atoms with Gasteiger partial charge in [0.15, 0.2) is 5.82 Å². The standard InChI is InChI=1S/C24H23N3O4S/c1-3-32-22-17(5-4-6-18(22)24(28)29)23-26-11-8-21(27-23)25-10-7-15-13-16-9-12-31-20(16)14-19(15)30-2/h4-6,8-9,11-14H,3,7,10H2,1-2H3,(H,28,29)(H,25,26,27). The third-order valence-corrected chi connectivity index (χ3v) is 6.00. The van der Waals surface area contributed by atoms with Crippen molar-refractivity contribution in [2.75, 3.05) is 24.7 Å². The Kier molecular flexibility index (Phi) is 6.61. The summed E-state index contributed by atoms with van der Waals surface area (Å²) in [7, 11) is 1.65. The zero-order chi connectivity index (χ0) is 22.5. The molecule has 164 valence electrons. The van der Waals surface area contributed by atoms with Crippen molar-refractivity contribution in [1.29, 1.82) is 0 Å². The van der Waals surface area contributed by atoms with Gasteiger partial charge < -0.3 is 19.6 Å². The van der Waals surface area contributed by atoms with Crippen LogP contribution in [0, 0.1) is 0 Å². The van der Waals surface area contributed by atoms with Crippen LogP contribution in [0.4, 0.5) is 5.82 Å². The van der Waals surface area contributed by atoms with Gasteiger partial charge in [-0.05, 0) is 42.0 Å². The van der Waals surface area contributed by atoms with E-state index in [1.54, 1.807) is 37.8 Å². The molecule has 0 aliphatic heterocycles. The van der Waals surface area contributed by atoms with Crippen molar-refractivity contribution in [2.24, 2.45) is 0 Å². The Morgan fingerprint density at radius 1 is 1.25 bits per heavy atom. The number of benzene rings is 2. The summed E-state index contributed by atoms with van der Waals surface area (Å²) in [6, 6.07) is 12.9. The Morgan fingerprint density at radius 2 is 2.12 bits per heavy atom. The largest absolute Gasteiger partial charge is 0.496 e. The van der Waals surface area contributed by atoms with E-state index < -0.39 is 5.97 Å². The fraction of sp³-hybridized carbons (Fsp3) is 0.208. The molecule has 2 heterocycles. The number of rotatable bonds is 9. The van der Waals surface area contributed by atoms with Crippen LogP contribution < -0.4 is 10.1 Å². The van der Waals surface area contributed by atoms with E-state index in [1.807, 2.05) is 25.1 Å². The van der Waals surface area contributed by atoms with Gasteiger partial charge in [-0.3, -0.25) is 0 Å². The van der Waals surface area contributed by atoms with E-state index in [1.165, 1.54) is 11.8 Å². The molecule has 2 aromatic heterocycles. The third-order valence-electron chi connectivity index (χ3n) is 4.99. The molecule has 0 amide bonds. The second kappa shape index (κ2) is 9.74. The number of carboxylic acids is 1. The minimum absolute atomic E-state index is 0.262. The maximum atomic E-state index is 11.7. The van der Waals surface area contributed by atoms with Gasteiger partial charge in [-0.1, -0.05) is 19.1 Å². The first-order valence-corrected chi connectivity index (χ1v) is 11.2. The number of aromatic nitrogens is 2. The molecule has 4 aromatic rings. The fourth-order valence-electron chi connectivity index (χ4n) is 3.52. The summed E-state index contributed by atoms with van der Waals surface area (Å²) in [6.07, 6.45) is 4.07. The predicted molar refractivity (Wildman–Crippen MR) is 126 cm³/mol. The number of nitrogens with one attached hydrogen (secondary N) is 1. The molecule has 0 bridgehead atoms. The minimum atomic E-state index is -0.958.